The van der Waals surface area contributed by atoms with Crippen molar-refractivity contribution in [3.8, 4) is 17.4 Å². The summed E-state index contributed by atoms with van der Waals surface area (Å²) in [5.74, 6) is 2.63. The van der Waals surface area contributed by atoms with Crippen LogP contribution < -0.4 is 9.47 Å². The number of para-hydroxylation sites is 1. The molecule has 2 bridgehead atoms. The summed E-state index contributed by atoms with van der Waals surface area (Å²) < 4.78 is 12.1. The Hall–Kier alpha value is -1.78. The van der Waals surface area contributed by atoms with Crippen LogP contribution in [0.25, 0.3) is 0 Å². The first-order valence-corrected chi connectivity index (χ1v) is 10.8. The molecule has 1 aromatic heterocycles. The minimum absolute atomic E-state index is 0.520. The number of hydrogen-bond donors (Lipinski definition) is 0. The zero-order valence-electron chi connectivity index (χ0n) is 17.3. The molecule has 2 unspecified atom stereocenters. The molecule has 4 nitrogen and oxygen atoms in total. The largest absolute Gasteiger partial charge is 0.490 e. The van der Waals surface area contributed by atoms with Gasteiger partial charge < -0.3 is 14.4 Å². The minimum Gasteiger partial charge on any atom is -0.490 e. The molecule has 0 N–H and O–H groups in total. The van der Waals surface area contributed by atoms with Gasteiger partial charge in [-0.15, -0.1) is 0 Å². The monoisotopic (exact) mass is 402 g/mol. The van der Waals surface area contributed by atoms with Crippen LogP contribution in [-0.4, -0.2) is 35.6 Å². The average molecular weight is 403 g/mol. The van der Waals surface area contributed by atoms with E-state index in [1.54, 1.807) is 18.3 Å². The number of nitrogens with zero attached hydrogens (tertiary/aromatic N) is 2. The molecule has 0 radical (unpaired) electrons. The van der Waals surface area contributed by atoms with Gasteiger partial charge in [0.25, 0.3) is 0 Å². The van der Waals surface area contributed by atoms with Crippen molar-refractivity contribution in [2.45, 2.75) is 64.5 Å². The zero-order valence-corrected chi connectivity index (χ0v) is 18.1. The highest BCUT2D eigenvalue weighted by Crippen LogP contribution is 2.47. The summed E-state index contributed by atoms with van der Waals surface area (Å²) in [6.45, 7) is 6.63. The number of pyridine rings is 1. The maximum Gasteiger partial charge on any atom is 0.219 e. The molecule has 0 amide bonds. The number of fused-ring (bicyclic) bond motifs is 2. The topological polar surface area (TPSA) is 34.6 Å². The molecule has 2 saturated heterocycles. The first kappa shape index (κ1) is 20.9. The van der Waals surface area contributed by atoms with Gasteiger partial charge in [0.1, 0.15) is 0 Å². The zero-order chi connectivity index (χ0) is 20.1. The molecule has 2 atom stereocenters. The van der Waals surface area contributed by atoms with E-state index in [9.17, 15) is 0 Å². The molecule has 1 aromatic carbocycles. The van der Waals surface area contributed by atoms with Crippen LogP contribution in [0.4, 0.5) is 0 Å². The molecule has 152 valence electrons. The standard InChI is InChI=1S/C21H25ClN2O2.C2H6/c1-3-25-21-18(14-11-16-8-9-17(12-14)24(16)2)5-4-6-19(21)26-20-10-7-15(22)13-23-20;1-2/h4-7,10,13-14,16-17H,3,8-9,11-12H2,1-2H3;1-2H3. The third kappa shape index (κ3) is 4.44. The minimum atomic E-state index is 0.520. The molecule has 28 heavy (non-hydrogen) atoms. The molecule has 2 fully saturated rings. The first-order chi connectivity index (χ1) is 13.7. The number of benzene rings is 1. The van der Waals surface area contributed by atoms with Crippen LogP contribution in [0.15, 0.2) is 36.5 Å². The van der Waals surface area contributed by atoms with E-state index in [-0.39, 0.29) is 0 Å². The molecule has 2 aliphatic heterocycles. The predicted octanol–water partition coefficient (Wildman–Crippen LogP) is 6.29. The lowest BCUT2D eigenvalue weighted by Gasteiger charge is -2.37. The SMILES string of the molecule is CC.CCOc1c(Oc2ccc(Cl)cn2)cccc1C1CC2CCC(C1)N2C. The van der Waals surface area contributed by atoms with Crippen molar-refractivity contribution in [2.75, 3.05) is 13.7 Å². The molecule has 4 rings (SSSR count). The van der Waals surface area contributed by atoms with E-state index in [2.05, 4.69) is 29.1 Å². The second-order valence-corrected chi connectivity index (χ2v) is 7.68. The molecule has 2 aliphatic rings. The van der Waals surface area contributed by atoms with Gasteiger partial charge in [0, 0.05) is 29.9 Å². The lowest BCUT2D eigenvalue weighted by atomic mass is 9.84. The van der Waals surface area contributed by atoms with Crippen LogP contribution in [0.5, 0.6) is 17.4 Å². The number of aromatic nitrogens is 1. The Morgan fingerprint density at radius 2 is 1.82 bits per heavy atom. The molecule has 0 saturated carbocycles. The molecule has 3 heterocycles. The smallest absolute Gasteiger partial charge is 0.219 e. The third-order valence-corrected chi connectivity index (χ3v) is 5.97. The second kappa shape index (κ2) is 9.62. The van der Waals surface area contributed by atoms with Crippen LogP contribution in [0.1, 0.15) is 57.9 Å². The van der Waals surface area contributed by atoms with Crippen LogP contribution in [-0.2, 0) is 0 Å². The summed E-state index contributed by atoms with van der Waals surface area (Å²) in [5, 5.41) is 0.595. The van der Waals surface area contributed by atoms with Crippen LogP contribution in [0.2, 0.25) is 5.02 Å². The Balaban J connectivity index is 0.00000109. The van der Waals surface area contributed by atoms with Gasteiger partial charge in [0.15, 0.2) is 11.5 Å². The first-order valence-electron chi connectivity index (χ1n) is 10.4. The van der Waals surface area contributed by atoms with E-state index in [1.165, 1.54) is 31.2 Å². The third-order valence-electron chi connectivity index (χ3n) is 5.75. The van der Waals surface area contributed by atoms with Gasteiger partial charge in [0.05, 0.1) is 11.6 Å². The number of ether oxygens (including phenoxy) is 2. The Bertz CT molecular complexity index is 752. The van der Waals surface area contributed by atoms with Crippen LogP contribution in [0, 0.1) is 0 Å². The van der Waals surface area contributed by atoms with Gasteiger partial charge in [-0.1, -0.05) is 37.6 Å². The van der Waals surface area contributed by atoms with E-state index in [4.69, 9.17) is 21.1 Å². The maximum atomic E-state index is 6.04. The molecule has 2 aromatic rings. The molecular formula is C23H31ClN2O2. The fourth-order valence-electron chi connectivity index (χ4n) is 4.43. The van der Waals surface area contributed by atoms with Gasteiger partial charge in [-0.25, -0.2) is 4.98 Å². The van der Waals surface area contributed by atoms with Crippen molar-refractivity contribution >= 4 is 11.6 Å². The Kier molecular flexibility index (Phi) is 7.19. The number of rotatable bonds is 5. The number of hydrogen-bond acceptors (Lipinski definition) is 4. The Morgan fingerprint density at radius 3 is 2.43 bits per heavy atom. The van der Waals surface area contributed by atoms with Crippen LogP contribution >= 0.6 is 11.6 Å². The van der Waals surface area contributed by atoms with Gasteiger partial charge >= 0.3 is 0 Å². The molecular weight excluding hydrogens is 372 g/mol. The highest BCUT2D eigenvalue weighted by molar-refractivity contribution is 6.30. The summed E-state index contributed by atoms with van der Waals surface area (Å²) in [6.07, 6.45) is 6.60. The van der Waals surface area contributed by atoms with Crippen molar-refractivity contribution in [1.82, 2.24) is 9.88 Å². The van der Waals surface area contributed by atoms with Gasteiger partial charge in [0.2, 0.25) is 5.88 Å². The van der Waals surface area contributed by atoms with E-state index in [1.807, 2.05) is 26.8 Å². The number of piperidine rings is 1. The summed E-state index contributed by atoms with van der Waals surface area (Å²) in [4.78, 5) is 6.81. The molecule has 0 aliphatic carbocycles. The summed E-state index contributed by atoms with van der Waals surface area (Å²) in [6, 6.07) is 11.1. The van der Waals surface area contributed by atoms with Gasteiger partial charge in [-0.2, -0.15) is 0 Å². The Labute approximate surface area is 173 Å². The summed E-state index contributed by atoms with van der Waals surface area (Å²) in [5.41, 5.74) is 1.27. The van der Waals surface area contributed by atoms with Crippen molar-refractivity contribution in [2.24, 2.45) is 0 Å². The van der Waals surface area contributed by atoms with Crippen molar-refractivity contribution < 1.29 is 9.47 Å². The quantitative estimate of drug-likeness (QED) is 0.588. The van der Waals surface area contributed by atoms with Crippen LogP contribution in [0.3, 0.4) is 0 Å². The van der Waals surface area contributed by atoms with E-state index in [0.717, 1.165) is 11.5 Å². The summed E-state index contributed by atoms with van der Waals surface area (Å²) in [7, 11) is 2.27. The van der Waals surface area contributed by atoms with E-state index < -0.39 is 0 Å². The second-order valence-electron chi connectivity index (χ2n) is 7.24. The molecule has 0 spiro atoms. The van der Waals surface area contributed by atoms with E-state index in [0.29, 0.717) is 35.5 Å². The Morgan fingerprint density at radius 1 is 1.11 bits per heavy atom. The fourth-order valence-corrected chi connectivity index (χ4v) is 4.55. The normalized spacial score (nSPS) is 23.7. The summed E-state index contributed by atoms with van der Waals surface area (Å²) >= 11 is 5.92. The van der Waals surface area contributed by atoms with Gasteiger partial charge in [-0.3, -0.25) is 0 Å². The van der Waals surface area contributed by atoms with Crippen molar-refractivity contribution in [3.05, 3.63) is 47.1 Å². The lowest BCUT2D eigenvalue weighted by molar-refractivity contribution is 0.160. The highest BCUT2D eigenvalue weighted by Gasteiger charge is 2.39. The van der Waals surface area contributed by atoms with Crippen molar-refractivity contribution in [3.63, 3.8) is 0 Å². The maximum absolute atomic E-state index is 6.04. The number of halogens is 1. The fraction of sp³-hybridized carbons (Fsp3) is 0.522. The van der Waals surface area contributed by atoms with Crippen molar-refractivity contribution in [1.29, 1.82) is 0 Å². The average Bonchev–Trinajstić information content (AvgIpc) is 2.93. The molecule has 5 heteroatoms. The predicted molar refractivity (Wildman–Crippen MR) is 115 cm³/mol. The highest BCUT2D eigenvalue weighted by atomic mass is 35.5. The van der Waals surface area contributed by atoms with Gasteiger partial charge in [-0.05, 0) is 57.7 Å². The van der Waals surface area contributed by atoms with E-state index >= 15 is 0 Å². The lowest BCUT2D eigenvalue weighted by Crippen LogP contribution is -2.39.